The van der Waals surface area contributed by atoms with Gasteiger partial charge in [-0.05, 0) is 53.0 Å². The van der Waals surface area contributed by atoms with Crippen LogP contribution in [0.25, 0.3) is 21.2 Å². The van der Waals surface area contributed by atoms with Crippen LogP contribution in [0.2, 0.25) is 5.02 Å². The number of aliphatic hydroxyl groups excluding tert-OH is 2. The van der Waals surface area contributed by atoms with Crippen LogP contribution in [0.5, 0.6) is 11.5 Å². The molecular formula is C25H24ClN3O4S. The van der Waals surface area contributed by atoms with Crippen molar-refractivity contribution in [3.63, 3.8) is 0 Å². The summed E-state index contributed by atoms with van der Waals surface area (Å²) in [7, 11) is 0. The third-order valence-corrected chi connectivity index (χ3v) is 6.88. The van der Waals surface area contributed by atoms with Gasteiger partial charge in [0.1, 0.15) is 13.2 Å². The van der Waals surface area contributed by atoms with Crippen LogP contribution in [0, 0.1) is 0 Å². The Balaban J connectivity index is 1.39. The molecule has 5 rings (SSSR count). The molecule has 3 aromatic carbocycles. The van der Waals surface area contributed by atoms with Crippen LogP contribution in [-0.2, 0) is 6.54 Å². The zero-order chi connectivity index (χ0) is 23.5. The number of ether oxygens (including phenoxy) is 2. The van der Waals surface area contributed by atoms with Crippen LogP contribution in [0.3, 0.4) is 0 Å². The number of aliphatic hydroxyl groups is 2. The maximum Gasteiger partial charge on any atom is 0.161 e. The van der Waals surface area contributed by atoms with Crippen LogP contribution < -0.4 is 20.1 Å². The Morgan fingerprint density at radius 1 is 1.00 bits per heavy atom. The fourth-order valence-corrected chi connectivity index (χ4v) is 4.96. The van der Waals surface area contributed by atoms with Crippen LogP contribution in [-0.4, -0.2) is 47.1 Å². The number of hydrogen-bond donors (Lipinski definition) is 4. The molecule has 4 N–H and O–H groups in total. The van der Waals surface area contributed by atoms with E-state index in [2.05, 4.69) is 21.1 Å². The first kappa shape index (κ1) is 22.9. The Labute approximate surface area is 206 Å². The summed E-state index contributed by atoms with van der Waals surface area (Å²) in [4.78, 5) is 0. The monoisotopic (exact) mass is 497 g/mol. The number of nitrogens with one attached hydrogen (secondary N) is 2. The highest BCUT2D eigenvalue weighted by Crippen LogP contribution is 2.40. The normalized spacial score (nSPS) is 12.9. The van der Waals surface area contributed by atoms with E-state index in [1.807, 2.05) is 48.5 Å². The van der Waals surface area contributed by atoms with Crippen LogP contribution >= 0.6 is 23.1 Å². The molecule has 0 aliphatic carbocycles. The van der Waals surface area contributed by atoms with Crippen molar-refractivity contribution >= 4 is 44.7 Å². The number of hydrogen-bond acceptors (Lipinski definition) is 8. The van der Waals surface area contributed by atoms with E-state index in [0.29, 0.717) is 24.8 Å². The van der Waals surface area contributed by atoms with Gasteiger partial charge in [-0.2, -0.15) is 4.37 Å². The van der Waals surface area contributed by atoms with Crippen LogP contribution in [0.1, 0.15) is 5.56 Å². The lowest BCUT2D eigenvalue weighted by molar-refractivity contribution is 0.170. The average Bonchev–Trinajstić information content (AvgIpc) is 3.29. The molecule has 1 aliphatic rings. The number of benzene rings is 3. The van der Waals surface area contributed by atoms with Gasteiger partial charge in [-0.1, -0.05) is 35.9 Å². The average molecular weight is 498 g/mol. The molecule has 4 aromatic rings. The molecule has 1 aliphatic heterocycles. The summed E-state index contributed by atoms with van der Waals surface area (Å²) in [5.41, 5.74) is 3.83. The van der Waals surface area contributed by atoms with Gasteiger partial charge >= 0.3 is 0 Å². The minimum atomic E-state index is -0.360. The van der Waals surface area contributed by atoms with Crippen molar-refractivity contribution < 1.29 is 19.7 Å². The first-order valence-corrected chi connectivity index (χ1v) is 12.1. The quantitative estimate of drug-likeness (QED) is 0.283. The smallest absolute Gasteiger partial charge is 0.161 e. The highest BCUT2D eigenvalue weighted by molar-refractivity contribution is 7.14. The first-order chi connectivity index (χ1) is 16.7. The second kappa shape index (κ2) is 10.2. The number of rotatable bonds is 8. The molecule has 0 unspecified atom stereocenters. The Morgan fingerprint density at radius 2 is 1.82 bits per heavy atom. The van der Waals surface area contributed by atoms with Gasteiger partial charge in [-0.25, -0.2) is 0 Å². The van der Waals surface area contributed by atoms with E-state index >= 15 is 0 Å². The molecule has 0 radical (unpaired) electrons. The predicted octanol–water partition coefficient (Wildman–Crippen LogP) is 4.57. The van der Waals surface area contributed by atoms with E-state index in [0.717, 1.165) is 49.8 Å². The fraction of sp³-hybridized carbons (Fsp3) is 0.240. The molecule has 2 heterocycles. The summed E-state index contributed by atoms with van der Waals surface area (Å²) in [5, 5.41) is 26.4. The molecule has 7 nitrogen and oxygen atoms in total. The number of anilines is 2. The van der Waals surface area contributed by atoms with Crippen molar-refractivity contribution in [3.8, 4) is 22.6 Å². The van der Waals surface area contributed by atoms with Gasteiger partial charge in [0, 0.05) is 17.5 Å². The molecule has 0 saturated carbocycles. The summed E-state index contributed by atoms with van der Waals surface area (Å²) in [6, 6.07) is 17.5. The van der Waals surface area contributed by atoms with Gasteiger partial charge in [0.25, 0.3) is 0 Å². The molecule has 0 spiro atoms. The third-order valence-electron chi connectivity index (χ3n) is 5.67. The zero-order valence-corrected chi connectivity index (χ0v) is 19.8. The third kappa shape index (κ3) is 4.68. The second-order valence-electron chi connectivity index (χ2n) is 7.95. The van der Waals surface area contributed by atoms with Crippen molar-refractivity contribution in [2.45, 2.75) is 12.6 Å². The van der Waals surface area contributed by atoms with Crippen LogP contribution in [0.4, 0.5) is 11.5 Å². The summed E-state index contributed by atoms with van der Waals surface area (Å²) in [6.07, 6.45) is 0. The molecule has 9 heteroatoms. The van der Waals surface area contributed by atoms with E-state index in [9.17, 15) is 10.2 Å². The van der Waals surface area contributed by atoms with Gasteiger partial charge < -0.3 is 30.3 Å². The van der Waals surface area contributed by atoms with Crippen molar-refractivity contribution in [3.05, 3.63) is 65.2 Å². The van der Waals surface area contributed by atoms with Gasteiger partial charge in [-0.3, -0.25) is 0 Å². The number of fused-ring (bicyclic) bond motifs is 2. The van der Waals surface area contributed by atoms with Gasteiger partial charge in [0.05, 0.1) is 34.7 Å². The van der Waals surface area contributed by atoms with E-state index in [1.54, 1.807) is 0 Å². The van der Waals surface area contributed by atoms with Crippen molar-refractivity contribution in [2.75, 3.05) is 31.7 Å². The van der Waals surface area contributed by atoms with Crippen molar-refractivity contribution in [1.29, 1.82) is 0 Å². The van der Waals surface area contributed by atoms with Crippen molar-refractivity contribution in [1.82, 2.24) is 9.69 Å². The first-order valence-electron chi connectivity index (χ1n) is 10.9. The van der Waals surface area contributed by atoms with E-state index in [4.69, 9.17) is 21.1 Å². The van der Waals surface area contributed by atoms with Crippen molar-refractivity contribution in [2.24, 2.45) is 0 Å². The highest BCUT2D eigenvalue weighted by atomic mass is 35.5. The Morgan fingerprint density at radius 3 is 2.62 bits per heavy atom. The number of aromatic nitrogens is 1. The topological polar surface area (TPSA) is 95.9 Å². The largest absolute Gasteiger partial charge is 0.486 e. The molecule has 0 saturated heterocycles. The standard InChI is InChI=1S/C25H24ClN3O4S/c26-20-10-15(12-27-17(13-30)14-31)4-6-21(20)28-25-19-3-1-2-18(24(19)34-29-25)16-5-7-22-23(11-16)33-9-8-32-22/h1-7,10-11,17,27,30-31H,8-9,12-14H2,(H,28,29). The summed E-state index contributed by atoms with van der Waals surface area (Å²) in [6.45, 7) is 1.35. The Bertz CT molecular complexity index is 1310. The second-order valence-corrected chi connectivity index (χ2v) is 9.13. The summed E-state index contributed by atoms with van der Waals surface area (Å²) < 4.78 is 17.1. The lowest BCUT2D eigenvalue weighted by Crippen LogP contribution is -2.35. The van der Waals surface area contributed by atoms with E-state index in [1.165, 1.54) is 11.5 Å². The maximum absolute atomic E-state index is 9.20. The van der Waals surface area contributed by atoms with Gasteiger partial charge in [-0.15, -0.1) is 0 Å². The Hall–Kier alpha value is -2.88. The van der Waals surface area contributed by atoms with Gasteiger partial charge in [0.15, 0.2) is 17.3 Å². The van der Waals surface area contributed by atoms with Gasteiger partial charge in [0.2, 0.25) is 0 Å². The highest BCUT2D eigenvalue weighted by Gasteiger charge is 2.16. The molecule has 0 bridgehead atoms. The Kier molecular flexibility index (Phi) is 6.85. The molecule has 34 heavy (non-hydrogen) atoms. The fourth-order valence-electron chi connectivity index (χ4n) is 3.84. The minimum absolute atomic E-state index is 0.130. The van der Waals surface area contributed by atoms with E-state index < -0.39 is 0 Å². The molecular weight excluding hydrogens is 474 g/mol. The number of halogens is 1. The van der Waals surface area contributed by atoms with Crippen LogP contribution in [0.15, 0.2) is 54.6 Å². The maximum atomic E-state index is 9.20. The molecule has 176 valence electrons. The summed E-state index contributed by atoms with van der Waals surface area (Å²) in [5.74, 6) is 2.27. The minimum Gasteiger partial charge on any atom is -0.486 e. The molecule has 0 fully saturated rings. The lowest BCUT2D eigenvalue weighted by atomic mass is 10.0. The van der Waals surface area contributed by atoms with E-state index in [-0.39, 0.29) is 19.3 Å². The molecule has 0 atom stereocenters. The summed E-state index contributed by atoms with van der Waals surface area (Å²) >= 11 is 7.97. The molecule has 0 amide bonds. The number of nitrogens with zero attached hydrogens (tertiary/aromatic N) is 1. The predicted molar refractivity (Wildman–Crippen MR) is 136 cm³/mol. The molecule has 1 aromatic heterocycles. The zero-order valence-electron chi connectivity index (χ0n) is 18.3. The SMILES string of the molecule is OCC(CO)NCc1ccc(Nc2nsc3c(-c4ccc5c(c4)OCCO5)cccc23)c(Cl)c1. The lowest BCUT2D eigenvalue weighted by Gasteiger charge is -2.19.